The van der Waals surface area contributed by atoms with Gasteiger partial charge in [0.15, 0.2) is 0 Å². The van der Waals surface area contributed by atoms with E-state index in [4.69, 9.17) is 9.84 Å². The maximum absolute atomic E-state index is 12.4. The van der Waals surface area contributed by atoms with Crippen molar-refractivity contribution in [1.82, 2.24) is 9.80 Å². The minimum atomic E-state index is -1.27. The van der Waals surface area contributed by atoms with E-state index in [1.165, 1.54) is 4.90 Å². The van der Waals surface area contributed by atoms with Crippen LogP contribution in [0.2, 0.25) is 0 Å². The molecule has 9 heteroatoms. The van der Waals surface area contributed by atoms with Gasteiger partial charge in [-0.05, 0) is 37.9 Å². The van der Waals surface area contributed by atoms with Gasteiger partial charge in [-0.15, -0.1) is 13.2 Å². The number of hydrogen-bond donors (Lipinski definition) is 3. The normalized spacial score (nSPS) is 29.8. The summed E-state index contributed by atoms with van der Waals surface area (Å²) in [6.45, 7) is 5.10. The molecule has 0 aliphatic carbocycles. The van der Waals surface area contributed by atoms with Crippen molar-refractivity contribution in [3.8, 4) is 0 Å². The Morgan fingerprint density at radius 2 is 2.04 bits per heavy atom. The largest absolute Gasteiger partial charge is 0.481 e. The first-order chi connectivity index (χ1) is 12.9. The van der Waals surface area contributed by atoms with Crippen LogP contribution in [0.3, 0.4) is 0 Å². The molecule has 1 saturated heterocycles. The summed E-state index contributed by atoms with van der Waals surface area (Å²) in [5, 5.41) is 30.0. The van der Waals surface area contributed by atoms with Gasteiger partial charge in [-0.25, -0.2) is 4.79 Å². The predicted molar refractivity (Wildman–Crippen MR) is 110 cm³/mol. The number of aliphatic carboxylic acids is 1. The summed E-state index contributed by atoms with van der Waals surface area (Å²) in [6, 6.07) is -0.227. The Labute approximate surface area is 166 Å². The van der Waals surface area contributed by atoms with Gasteiger partial charge in [0, 0.05) is 26.3 Å². The average Bonchev–Trinajstić information content (AvgIpc) is 2.88. The van der Waals surface area contributed by atoms with Gasteiger partial charge in [-0.2, -0.15) is 0 Å². The minimum absolute atomic E-state index is 0.227. The SMILES string of the molecule is C=P(C)(C)CC[C@H]1O[C@@H](C2=CN(C)C(=O)N(CCC(C)C(=O)O)C2)[C@H](O)[C@@H]1O. The summed E-state index contributed by atoms with van der Waals surface area (Å²) in [7, 11) is 1.61. The quantitative estimate of drug-likeness (QED) is 0.508. The molecule has 1 unspecified atom stereocenters. The molecule has 2 heterocycles. The predicted octanol–water partition coefficient (Wildman–Crippen LogP) is 0.937. The van der Waals surface area contributed by atoms with E-state index < -0.39 is 43.2 Å². The van der Waals surface area contributed by atoms with E-state index in [0.29, 0.717) is 25.0 Å². The molecule has 2 amide bonds. The molecule has 0 radical (unpaired) electrons. The standard InChI is InChI=1S/C19H33N2O6P/c1-12(18(24)25)6-8-21-11-13(10-20(2)19(21)26)17-16(23)15(22)14(27-17)7-9-28(3,4)5/h10,12,14-17,22-23H,3,6-9,11H2,1-2,4-5H3,(H,24,25)/t12?,14-,15-,16-,17+/m1/s1. The Kier molecular flexibility index (Phi) is 7.37. The van der Waals surface area contributed by atoms with Gasteiger partial charge in [-0.3, -0.25) is 4.79 Å². The van der Waals surface area contributed by atoms with Gasteiger partial charge >= 0.3 is 12.0 Å². The smallest absolute Gasteiger partial charge is 0.324 e. The molecular formula is C19H33N2O6P. The summed E-state index contributed by atoms with van der Waals surface area (Å²) in [4.78, 5) is 26.4. The molecule has 28 heavy (non-hydrogen) atoms. The molecule has 2 aliphatic heterocycles. The van der Waals surface area contributed by atoms with Crippen LogP contribution in [0, 0.1) is 5.92 Å². The summed E-state index contributed by atoms with van der Waals surface area (Å²) >= 11 is 0. The van der Waals surface area contributed by atoms with Crippen LogP contribution in [0.15, 0.2) is 11.8 Å². The molecule has 0 aromatic heterocycles. The third-order valence-corrected chi connectivity index (χ3v) is 6.77. The number of urea groups is 1. The molecule has 0 saturated carbocycles. The Morgan fingerprint density at radius 1 is 1.39 bits per heavy atom. The minimum Gasteiger partial charge on any atom is -0.481 e. The number of carbonyl (C=O) groups excluding carboxylic acids is 1. The highest BCUT2D eigenvalue weighted by molar-refractivity contribution is 7.72. The van der Waals surface area contributed by atoms with E-state index in [0.717, 1.165) is 6.16 Å². The van der Waals surface area contributed by atoms with E-state index >= 15 is 0 Å². The highest BCUT2D eigenvalue weighted by Gasteiger charge is 2.45. The summed E-state index contributed by atoms with van der Waals surface area (Å²) < 4.78 is 5.98. The van der Waals surface area contributed by atoms with Crippen LogP contribution < -0.4 is 0 Å². The lowest BCUT2D eigenvalue weighted by molar-refractivity contribution is -0.141. The van der Waals surface area contributed by atoms with Crippen molar-refractivity contribution < 1.29 is 29.6 Å². The number of nitrogens with zero attached hydrogens (tertiary/aromatic N) is 2. The van der Waals surface area contributed by atoms with Crippen LogP contribution in [0.1, 0.15) is 19.8 Å². The number of aliphatic hydroxyl groups is 2. The van der Waals surface area contributed by atoms with E-state index in [-0.39, 0.29) is 12.6 Å². The molecular weight excluding hydrogens is 383 g/mol. The van der Waals surface area contributed by atoms with Crippen LogP contribution in [-0.4, -0.2) is 107 Å². The topological polar surface area (TPSA) is 111 Å². The second kappa shape index (κ2) is 8.99. The first kappa shape index (κ1) is 22.9. The van der Waals surface area contributed by atoms with E-state index in [2.05, 4.69) is 19.6 Å². The first-order valence-corrected chi connectivity index (χ1v) is 12.6. The number of ether oxygens (including phenoxy) is 1. The second-order valence-corrected chi connectivity index (χ2v) is 12.9. The lowest BCUT2D eigenvalue weighted by Crippen LogP contribution is -2.47. The van der Waals surface area contributed by atoms with Crippen molar-refractivity contribution in [3.05, 3.63) is 11.8 Å². The number of rotatable bonds is 8. The summed E-state index contributed by atoms with van der Waals surface area (Å²) in [5.74, 6) is -1.45. The van der Waals surface area contributed by atoms with E-state index in [1.807, 2.05) is 0 Å². The van der Waals surface area contributed by atoms with E-state index in [9.17, 15) is 19.8 Å². The maximum Gasteiger partial charge on any atom is 0.324 e. The fourth-order valence-corrected chi connectivity index (χ4v) is 4.39. The van der Waals surface area contributed by atoms with Crippen molar-refractivity contribution in [2.45, 2.75) is 44.2 Å². The van der Waals surface area contributed by atoms with Crippen molar-refractivity contribution >= 4 is 25.2 Å². The molecule has 0 aromatic carbocycles. The maximum atomic E-state index is 12.4. The van der Waals surface area contributed by atoms with Gasteiger partial charge in [-0.1, -0.05) is 6.92 Å². The Hall–Kier alpha value is -1.34. The number of carboxylic acid groups (broad SMARTS) is 1. The Bertz CT molecular complexity index is 675. The second-order valence-electron chi connectivity index (χ2n) is 8.57. The molecule has 2 rings (SSSR count). The molecule has 5 atom stereocenters. The molecule has 0 aromatic rings. The number of carbonyl (C=O) groups is 2. The zero-order valence-electron chi connectivity index (χ0n) is 17.1. The number of aliphatic hydroxyl groups excluding tert-OH is 2. The molecule has 2 aliphatic rings. The van der Waals surface area contributed by atoms with Crippen molar-refractivity contribution in [2.24, 2.45) is 5.92 Å². The van der Waals surface area contributed by atoms with Crippen LogP contribution in [-0.2, 0) is 9.53 Å². The third kappa shape index (κ3) is 5.60. The third-order valence-electron chi connectivity index (χ3n) is 5.31. The lowest BCUT2D eigenvalue weighted by Gasteiger charge is -2.35. The molecule has 160 valence electrons. The summed E-state index contributed by atoms with van der Waals surface area (Å²) in [6.07, 6.45) is 4.41. The number of amides is 2. The van der Waals surface area contributed by atoms with Crippen molar-refractivity contribution in [3.63, 3.8) is 0 Å². The van der Waals surface area contributed by atoms with Crippen molar-refractivity contribution in [2.75, 3.05) is 39.6 Å². The zero-order valence-corrected chi connectivity index (χ0v) is 18.0. The molecule has 1 fully saturated rings. The lowest BCUT2D eigenvalue weighted by atomic mass is 9.99. The summed E-state index contributed by atoms with van der Waals surface area (Å²) in [5.41, 5.74) is 0.697. The fourth-order valence-electron chi connectivity index (χ4n) is 3.44. The Morgan fingerprint density at radius 3 is 2.61 bits per heavy atom. The van der Waals surface area contributed by atoms with Gasteiger partial charge in [0.2, 0.25) is 0 Å². The zero-order chi connectivity index (χ0) is 21.2. The molecule has 8 nitrogen and oxygen atoms in total. The molecule has 0 spiro atoms. The monoisotopic (exact) mass is 416 g/mol. The van der Waals surface area contributed by atoms with Crippen LogP contribution >= 0.6 is 6.89 Å². The highest BCUT2D eigenvalue weighted by Crippen LogP contribution is 2.39. The van der Waals surface area contributed by atoms with Crippen molar-refractivity contribution in [1.29, 1.82) is 0 Å². The first-order valence-electron chi connectivity index (χ1n) is 9.55. The number of carboxylic acids is 1. The van der Waals surface area contributed by atoms with Gasteiger partial charge in [0.05, 0.1) is 12.0 Å². The molecule has 3 N–H and O–H groups in total. The van der Waals surface area contributed by atoms with Gasteiger partial charge < -0.3 is 29.9 Å². The highest BCUT2D eigenvalue weighted by atomic mass is 31.2. The van der Waals surface area contributed by atoms with Crippen LogP contribution in [0.5, 0.6) is 0 Å². The van der Waals surface area contributed by atoms with Gasteiger partial charge in [0.1, 0.15) is 18.3 Å². The van der Waals surface area contributed by atoms with Gasteiger partial charge in [0.25, 0.3) is 0 Å². The van der Waals surface area contributed by atoms with Crippen LogP contribution in [0.25, 0.3) is 0 Å². The fraction of sp³-hybridized carbons (Fsp3) is 0.737. The average molecular weight is 416 g/mol. The molecule has 0 bridgehead atoms. The number of hydrogen-bond acceptors (Lipinski definition) is 5. The van der Waals surface area contributed by atoms with E-state index in [1.54, 1.807) is 25.1 Å². The Balaban J connectivity index is 2.06. The van der Waals surface area contributed by atoms with Crippen LogP contribution in [0.4, 0.5) is 4.79 Å².